The minimum Gasteiger partial charge on any atom is -0.478 e. The Morgan fingerprint density at radius 2 is 1.25 bits per heavy atom. The summed E-state index contributed by atoms with van der Waals surface area (Å²) in [4.78, 5) is 61.3. The summed E-state index contributed by atoms with van der Waals surface area (Å²) in [6.07, 6.45) is -4.92. The molecule has 0 atom stereocenters. The van der Waals surface area contributed by atoms with Gasteiger partial charge in [-0.15, -0.1) is 35.8 Å². The summed E-state index contributed by atoms with van der Waals surface area (Å²) in [5.41, 5.74) is 3.85. The Morgan fingerprint density at radius 1 is 0.729 bits per heavy atom. The normalized spacial score (nSPS) is 11.5. The Morgan fingerprint density at radius 3 is 1.80 bits per heavy atom. The maximum atomic E-state index is 14.0. The fourth-order valence-electron chi connectivity index (χ4n) is 6.04. The van der Waals surface area contributed by atoms with Crippen molar-refractivity contribution in [2.75, 3.05) is 10.6 Å². The second kappa shape index (κ2) is 15.6. The number of rotatable bonds is 11. The highest BCUT2D eigenvalue weighted by Crippen LogP contribution is 2.39. The van der Waals surface area contributed by atoms with Crippen LogP contribution < -0.4 is 15.4 Å². The number of benzene rings is 4. The standard InChI is InChI=1S/C41H25F3N4O9S2/c1-20-10-11-22(26-19-58-37(31(26)39(51)52)47-33(49)35-45-27-6-2-4-8-29(27)55-35)16-23(20)17-54-40(53)32-25(21-12-14-24(15-13-21)57-41(42,43)44)18-59-38(32)48-34(50)36-46-28-7-3-5-9-30(28)56-36/h2-16,18-19H,17H2,1H3,(H,47,49)(H,48,50)(H,51,52). The lowest BCUT2D eigenvalue weighted by molar-refractivity contribution is -0.274. The lowest BCUT2D eigenvalue weighted by Crippen LogP contribution is -2.17. The highest BCUT2D eigenvalue weighted by Gasteiger charge is 2.31. The molecule has 0 saturated heterocycles. The summed E-state index contributed by atoms with van der Waals surface area (Å²) in [7, 11) is 0. The third-order valence-electron chi connectivity index (χ3n) is 8.85. The number of oxazole rings is 2. The zero-order valence-corrected chi connectivity index (χ0v) is 31.7. The minimum atomic E-state index is -4.92. The summed E-state index contributed by atoms with van der Waals surface area (Å²) >= 11 is 1.96. The van der Waals surface area contributed by atoms with Gasteiger partial charge in [0.15, 0.2) is 11.2 Å². The zero-order valence-electron chi connectivity index (χ0n) is 30.1. The molecule has 4 aromatic carbocycles. The maximum absolute atomic E-state index is 14.0. The van der Waals surface area contributed by atoms with E-state index in [4.69, 9.17) is 13.6 Å². The third kappa shape index (κ3) is 8.12. The number of anilines is 2. The van der Waals surface area contributed by atoms with Gasteiger partial charge >= 0.3 is 30.1 Å². The average molecular weight is 839 g/mol. The molecule has 8 aromatic rings. The van der Waals surface area contributed by atoms with Crippen molar-refractivity contribution in [2.24, 2.45) is 0 Å². The Balaban J connectivity index is 1.06. The number of esters is 1. The fraction of sp³-hybridized carbons (Fsp3) is 0.0732. The second-order valence-electron chi connectivity index (χ2n) is 12.7. The van der Waals surface area contributed by atoms with Crippen LogP contribution in [0.3, 0.4) is 0 Å². The van der Waals surface area contributed by atoms with E-state index >= 15 is 0 Å². The molecule has 18 heteroatoms. The van der Waals surface area contributed by atoms with Crippen molar-refractivity contribution in [3.05, 3.63) is 136 Å². The average Bonchev–Trinajstić information content (AvgIpc) is 4.02. The number of halogens is 3. The Bertz CT molecular complexity index is 2870. The van der Waals surface area contributed by atoms with E-state index in [2.05, 4.69) is 25.3 Å². The number of nitrogens with zero attached hydrogens (tertiary/aromatic N) is 2. The molecule has 4 aromatic heterocycles. The molecule has 2 amide bonds. The van der Waals surface area contributed by atoms with Gasteiger partial charge in [-0.2, -0.15) is 0 Å². The number of carboxylic acid groups (broad SMARTS) is 1. The highest BCUT2D eigenvalue weighted by atomic mass is 32.1. The lowest BCUT2D eigenvalue weighted by atomic mass is 9.99. The number of hydrogen-bond donors (Lipinski definition) is 3. The Labute approximate surface area is 337 Å². The van der Waals surface area contributed by atoms with Gasteiger partial charge in [0.2, 0.25) is 0 Å². The summed E-state index contributed by atoms with van der Waals surface area (Å²) in [6.45, 7) is 1.45. The summed E-state index contributed by atoms with van der Waals surface area (Å²) in [5, 5.41) is 18.7. The van der Waals surface area contributed by atoms with Crippen molar-refractivity contribution >= 4 is 78.6 Å². The first kappa shape index (κ1) is 38.6. The van der Waals surface area contributed by atoms with Gasteiger partial charge in [-0.1, -0.05) is 48.5 Å². The van der Waals surface area contributed by atoms with Crippen LogP contribution in [-0.2, 0) is 11.3 Å². The van der Waals surface area contributed by atoms with Crippen LogP contribution in [0.1, 0.15) is 53.2 Å². The summed E-state index contributed by atoms with van der Waals surface area (Å²) < 4.78 is 59.5. The van der Waals surface area contributed by atoms with E-state index in [-0.39, 0.29) is 50.6 Å². The monoisotopic (exact) mass is 838 g/mol. The molecule has 3 N–H and O–H groups in total. The van der Waals surface area contributed by atoms with E-state index in [0.717, 1.165) is 34.8 Å². The number of aryl methyl sites for hydroxylation is 1. The lowest BCUT2D eigenvalue weighted by Gasteiger charge is -2.13. The fourth-order valence-corrected chi connectivity index (χ4v) is 7.95. The zero-order chi connectivity index (χ0) is 41.4. The number of ether oxygens (including phenoxy) is 2. The molecule has 0 saturated carbocycles. The molecule has 0 fully saturated rings. The second-order valence-corrected chi connectivity index (χ2v) is 14.4. The van der Waals surface area contributed by atoms with Crippen molar-refractivity contribution in [3.63, 3.8) is 0 Å². The molecule has 0 unspecified atom stereocenters. The molecule has 0 aliphatic heterocycles. The SMILES string of the molecule is Cc1ccc(-c2csc(NC(=O)c3nc4ccccc4o3)c2C(=O)O)cc1COC(=O)c1c(-c2ccc(OC(F)(F)F)cc2)csc1NC(=O)c1nc2ccccc2o1. The van der Waals surface area contributed by atoms with Gasteiger partial charge in [0.1, 0.15) is 44.5 Å². The number of thiophene rings is 2. The Kier molecular flexibility index (Phi) is 10.2. The van der Waals surface area contributed by atoms with Crippen molar-refractivity contribution < 1.29 is 55.8 Å². The van der Waals surface area contributed by atoms with Gasteiger partial charge in [-0.05, 0) is 71.6 Å². The van der Waals surface area contributed by atoms with Gasteiger partial charge in [0.25, 0.3) is 11.8 Å². The number of alkyl halides is 3. The van der Waals surface area contributed by atoms with E-state index in [1.54, 1.807) is 79.0 Å². The summed E-state index contributed by atoms with van der Waals surface area (Å²) in [5.74, 6) is -4.70. The van der Waals surface area contributed by atoms with Crippen LogP contribution in [0.2, 0.25) is 0 Å². The highest BCUT2D eigenvalue weighted by molar-refractivity contribution is 7.15. The number of fused-ring (bicyclic) bond motifs is 2. The number of nitrogens with one attached hydrogen (secondary N) is 2. The van der Waals surface area contributed by atoms with Gasteiger partial charge in [0.05, 0.1) is 0 Å². The number of amides is 2. The van der Waals surface area contributed by atoms with Crippen molar-refractivity contribution in [1.82, 2.24) is 9.97 Å². The molecule has 0 aliphatic carbocycles. The quantitative estimate of drug-likeness (QED) is 0.105. The Hall–Kier alpha value is -7.31. The number of aromatic nitrogens is 2. The first-order chi connectivity index (χ1) is 28.3. The molecule has 0 spiro atoms. The predicted octanol–water partition coefficient (Wildman–Crippen LogP) is 10.2. The minimum absolute atomic E-state index is 0.0451. The number of hydrogen-bond acceptors (Lipinski definition) is 12. The van der Waals surface area contributed by atoms with Crippen molar-refractivity contribution in [2.45, 2.75) is 19.9 Å². The van der Waals surface area contributed by atoms with Gasteiger partial charge in [0, 0.05) is 21.9 Å². The molecule has 13 nitrogen and oxygen atoms in total. The molecule has 8 rings (SSSR count). The third-order valence-corrected chi connectivity index (χ3v) is 10.6. The molecule has 4 heterocycles. The molecule has 0 radical (unpaired) electrons. The van der Waals surface area contributed by atoms with Crippen LogP contribution in [0, 0.1) is 6.92 Å². The number of aromatic carboxylic acids is 1. The van der Waals surface area contributed by atoms with Crippen LogP contribution in [0.4, 0.5) is 23.2 Å². The van der Waals surface area contributed by atoms with Crippen LogP contribution in [0.5, 0.6) is 5.75 Å². The molecular weight excluding hydrogens is 814 g/mol. The number of carbonyl (C=O) groups excluding carboxylic acids is 3. The molecule has 59 heavy (non-hydrogen) atoms. The van der Waals surface area contributed by atoms with Gasteiger partial charge in [-0.25, -0.2) is 19.6 Å². The smallest absolute Gasteiger partial charge is 0.478 e. The van der Waals surface area contributed by atoms with Crippen molar-refractivity contribution in [1.29, 1.82) is 0 Å². The topological polar surface area (TPSA) is 183 Å². The first-order valence-corrected chi connectivity index (χ1v) is 19.0. The maximum Gasteiger partial charge on any atom is 0.573 e. The van der Waals surface area contributed by atoms with Crippen molar-refractivity contribution in [3.8, 4) is 28.0 Å². The summed E-state index contributed by atoms with van der Waals surface area (Å²) in [6, 6.07) is 23.4. The molecule has 0 bridgehead atoms. The van der Waals surface area contributed by atoms with Gasteiger partial charge in [-0.3, -0.25) is 9.59 Å². The van der Waals surface area contributed by atoms with Crippen LogP contribution in [-0.4, -0.2) is 45.2 Å². The first-order valence-electron chi connectivity index (χ1n) is 17.2. The van der Waals surface area contributed by atoms with E-state index in [1.165, 1.54) is 17.5 Å². The number of carboxylic acids is 1. The largest absolute Gasteiger partial charge is 0.573 e. The number of carbonyl (C=O) groups is 4. The van der Waals surface area contributed by atoms with E-state index < -0.39 is 35.9 Å². The molecule has 0 aliphatic rings. The van der Waals surface area contributed by atoms with Gasteiger partial charge < -0.3 is 34.0 Å². The van der Waals surface area contributed by atoms with E-state index in [9.17, 15) is 37.5 Å². The van der Waals surface area contributed by atoms with Crippen LogP contribution in [0.15, 0.2) is 111 Å². The van der Waals surface area contributed by atoms with E-state index in [0.29, 0.717) is 44.5 Å². The van der Waals surface area contributed by atoms with E-state index in [1.807, 2.05) is 0 Å². The molecular formula is C41H25F3N4O9S2. The van der Waals surface area contributed by atoms with Crippen LogP contribution >= 0.6 is 22.7 Å². The predicted molar refractivity (Wildman–Crippen MR) is 211 cm³/mol. The van der Waals surface area contributed by atoms with Crippen LogP contribution in [0.25, 0.3) is 44.5 Å². The number of para-hydroxylation sites is 4. The molecule has 296 valence electrons.